The molecule has 2 atom stereocenters. The Morgan fingerprint density at radius 2 is 2.00 bits per heavy atom. The Morgan fingerprint density at radius 1 is 1.23 bits per heavy atom. The van der Waals surface area contributed by atoms with Crippen molar-refractivity contribution in [1.82, 2.24) is 0 Å². The van der Waals surface area contributed by atoms with Gasteiger partial charge in [0.05, 0.1) is 0 Å². The van der Waals surface area contributed by atoms with Crippen LogP contribution in [0.15, 0.2) is 53.0 Å². The summed E-state index contributed by atoms with van der Waals surface area (Å²) in [6.07, 6.45) is -0.797. The summed E-state index contributed by atoms with van der Waals surface area (Å²) in [5, 5.41) is 21.9. The molecule has 1 heterocycles. The molecule has 31 heavy (non-hydrogen) atoms. The maximum atomic E-state index is 12.6. The third kappa shape index (κ3) is 5.89. The maximum absolute atomic E-state index is 12.6. The van der Waals surface area contributed by atoms with Crippen LogP contribution in [-0.4, -0.2) is 41.8 Å². The number of halogens is 1. The number of phenols is 1. The van der Waals surface area contributed by atoms with Gasteiger partial charge in [-0.2, -0.15) is 0 Å². The maximum Gasteiger partial charge on any atom is 0.412 e. The number of anilines is 1. The number of hydrogen-bond acceptors (Lipinski definition) is 7. The van der Waals surface area contributed by atoms with E-state index in [1.165, 1.54) is 12.1 Å². The minimum atomic E-state index is -1.19. The summed E-state index contributed by atoms with van der Waals surface area (Å²) in [4.78, 5) is 23.6. The molecule has 0 radical (unpaired) electrons. The van der Waals surface area contributed by atoms with Crippen molar-refractivity contribution < 1.29 is 38.7 Å². The zero-order valence-corrected chi connectivity index (χ0v) is 18.0. The number of carboxylic acid groups (broad SMARTS) is 1. The van der Waals surface area contributed by atoms with E-state index in [1.807, 2.05) is 0 Å². The van der Waals surface area contributed by atoms with E-state index in [1.54, 1.807) is 37.3 Å². The summed E-state index contributed by atoms with van der Waals surface area (Å²) in [5.41, 5.74) is 0.643. The summed E-state index contributed by atoms with van der Waals surface area (Å²) >= 11 is 3.32. The molecule has 0 fully saturated rings. The normalized spacial score (nSPS) is 14.3. The predicted octanol–water partition coefficient (Wildman–Crippen LogP) is 4.22. The third-order valence-electron chi connectivity index (χ3n) is 4.24. The summed E-state index contributed by atoms with van der Waals surface area (Å²) in [7, 11) is 0. The highest BCUT2D eigenvalue weighted by molar-refractivity contribution is 9.10. The Morgan fingerprint density at radius 3 is 2.74 bits per heavy atom. The number of benzene rings is 2. The molecule has 0 bridgehead atoms. The SMILES string of the molecule is CCO[C@@H](/C=C/C(=O)O)[C@@H](OC(=O)Nc1ccc2c(c1)OCO2)c1cc(Br)ccc1O. The van der Waals surface area contributed by atoms with Crippen molar-refractivity contribution in [2.45, 2.75) is 19.1 Å². The number of carbonyl (C=O) groups excluding carboxylic acids is 1. The molecule has 1 aliphatic heterocycles. The lowest BCUT2D eigenvalue weighted by atomic mass is 10.0. The Kier molecular flexibility index (Phi) is 7.37. The first-order valence-electron chi connectivity index (χ1n) is 9.25. The average molecular weight is 494 g/mol. The molecule has 0 unspecified atom stereocenters. The summed E-state index contributed by atoms with van der Waals surface area (Å²) < 4.78 is 22.3. The molecule has 3 rings (SSSR count). The van der Waals surface area contributed by atoms with Crippen LogP contribution in [0.5, 0.6) is 17.2 Å². The molecule has 3 N–H and O–H groups in total. The minimum absolute atomic E-state index is 0.0966. The zero-order valence-electron chi connectivity index (χ0n) is 16.4. The number of aromatic hydroxyl groups is 1. The van der Waals surface area contributed by atoms with Crippen LogP contribution in [0, 0.1) is 0 Å². The molecule has 2 aromatic carbocycles. The van der Waals surface area contributed by atoms with Crippen molar-refractivity contribution in [1.29, 1.82) is 0 Å². The van der Waals surface area contributed by atoms with Gasteiger partial charge in [-0.05, 0) is 43.3 Å². The van der Waals surface area contributed by atoms with Gasteiger partial charge in [-0.3, -0.25) is 5.32 Å². The van der Waals surface area contributed by atoms with Crippen LogP contribution in [0.3, 0.4) is 0 Å². The lowest BCUT2D eigenvalue weighted by Crippen LogP contribution is -2.28. The molecule has 1 aliphatic rings. The van der Waals surface area contributed by atoms with E-state index in [9.17, 15) is 14.7 Å². The van der Waals surface area contributed by atoms with Gasteiger partial charge < -0.3 is 29.2 Å². The molecular formula is C21H20BrNO8. The van der Waals surface area contributed by atoms with Crippen molar-refractivity contribution in [3.8, 4) is 17.2 Å². The highest BCUT2D eigenvalue weighted by atomic mass is 79.9. The van der Waals surface area contributed by atoms with Crippen molar-refractivity contribution in [2.75, 3.05) is 18.7 Å². The second kappa shape index (κ2) is 10.2. The fraction of sp³-hybridized carbons (Fsp3) is 0.238. The third-order valence-corrected chi connectivity index (χ3v) is 4.73. The first kappa shape index (κ1) is 22.4. The van der Waals surface area contributed by atoms with Crippen LogP contribution in [0.4, 0.5) is 10.5 Å². The Hall–Kier alpha value is -3.24. The van der Waals surface area contributed by atoms with E-state index in [0.717, 1.165) is 6.08 Å². The molecule has 0 aromatic heterocycles. The molecule has 10 heteroatoms. The summed E-state index contributed by atoms with van der Waals surface area (Å²) in [5.74, 6) is -0.286. The average Bonchev–Trinajstić information content (AvgIpc) is 3.19. The van der Waals surface area contributed by atoms with Crippen LogP contribution in [0.1, 0.15) is 18.6 Å². The second-order valence-electron chi connectivity index (χ2n) is 6.34. The van der Waals surface area contributed by atoms with E-state index < -0.39 is 24.3 Å². The number of carboxylic acids is 1. The highest BCUT2D eigenvalue weighted by Gasteiger charge is 2.29. The van der Waals surface area contributed by atoms with Gasteiger partial charge in [0.2, 0.25) is 6.79 Å². The molecule has 0 saturated heterocycles. The summed E-state index contributed by atoms with van der Waals surface area (Å²) in [6.45, 7) is 2.03. The minimum Gasteiger partial charge on any atom is -0.508 e. The van der Waals surface area contributed by atoms with Crippen LogP contribution in [0.2, 0.25) is 0 Å². The van der Waals surface area contributed by atoms with Crippen LogP contribution in [0.25, 0.3) is 0 Å². The number of nitrogens with one attached hydrogen (secondary N) is 1. The first-order valence-corrected chi connectivity index (χ1v) is 10.0. The van der Waals surface area contributed by atoms with E-state index in [2.05, 4.69) is 21.2 Å². The van der Waals surface area contributed by atoms with Crippen molar-refractivity contribution in [2.24, 2.45) is 0 Å². The lowest BCUT2D eigenvalue weighted by Gasteiger charge is -2.26. The van der Waals surface area contributed by atoms with Crippen molar-refractivity contribution in [3.63, 3.8) is 0 Å². The van der Waals surface area contributed by atoms with E-state index in [-0.39, 0.29) is 24.7 Å². The van der Waals surface area contributed by atoms with Gasteiger partial charge in [0.25, 0.3) is 0 Å². The number of ether oxygens (including phenoxy) is 4. The Bertz CT molecular complexity index is 993. The van der Waals surface area contributed by atoms with Gasteiger partial charge in [-0.15, -0.1) is 0 Å². The van der Waals surface area contributed by atoms with Gasteiger partial charge in [0.1, 0.15) is 11.9 Å². The molecule has 0 saturated carbocycles. The van der Waals surface area contributed by atoms with Crippen LogP contribution >= 0.6 is 15.9 Å². The molecule has 2 aromatic rings. The van der Waals surface area contributed by atoms with E-state index in [4.69, 9.17) is 24.1 Å². The van der Waals surface area contributed by atoms with Gasteiger partial charge >= 0.3 is 12.1 Å². The molecule has 164 valence electrons. The molecule has 9 nitrogen and oxygen atoms in total. The summed E-state index contributed by atoms with van der Waals surface area (Å²) in [6, 6.07) is 9.45. The molecule has 1 amide bonds. The number of aliphatic carboxylic acids is 1. The number of hydrogen-bond donors (Lipinski definition) is 3. The van der Waals surface area contributed by atoms with Gasteiger partial charge in [0.15, 0.2) is 17.6 Å². The zero-order chi connectivity index (χ0) is 22.4. The van der Waals surface area contributed by atoms with Crippen molar-refractivity contribution in [3.05, 3.63) is 58.6 Å². The smallest absolute Gasteiger partial charge is 0.412 e. The topological polar surface area (TPSA) is 124 Å². The number of phenolic OH excluding ortho intramolecular Hbond substituents is 1. The predicted molar refractivity (Wildman–Crippen MR) is 113 cm³/mol. The monoisotopic (exact) mass is 493 g/mol. The first-order chi connectivity index (χ1) is 14.9. The number of amides is 1. The fourth-order valence-corrected chi connectivity index (χ4v) is 3.29. The Balaban J connectivity index is 1.86. The van der Waals surface area contributed by atoms with Crippen LogP contribution < -0.4 is 14.8 Å². The Labute approximate surface area is 186 Å². The van der Waals surface area contributed by atoms with Gasteiger partial charge in [-0.25, -0.2) is 9.59 Å². The fourth-order valence-electron chi connectivity index (χ4n) is 2.91. The highest BCUT2D eigenvalue weighted by Crippen LogP contribution is 2.36. The second-order valence-corrected chi connectivity index (χ2v) is 7.26. The quantitative estimate of drug-likeness (QED) is 0.467. The number of carbonyl (C=O) groups is 2. The van der Waals surface area contributed by atoms with Gasteiger partial charge in [0, 0.05) is 34.5 Å². The molecular weight excluding hydrogens is 474 g/mol. The van der Waals surface area contributed by atoms with Crippen molar-refractivity contribution >= 4 is 33.7 Å². The molecule has 0 spiro atoms. The largest absolute Gasteiger partial charge is 0.508 e. The lowest BCUT2D eigenvalue weighted by molar-refractivity contribution is -0.131. The number of rotatable bonds is 8. The standard InChI is InChI=1S/C21H20BrNO8/c1-2-28-17(7-8-19(25)26)20(14-9-12(22)3-5-15(14)24)31-21(27)23-13-4-6-16-18(10-13)30-11-29-16/h3-10,17,20,24H,2,11H2,1H3,(H,23,27)(H,25,26)/b8-7+/t17-,20-/m0/s1. The van der Waals surface area contributed by atoms with Crippen LogP contribution in [-0.2, 0) is 14.3 Å². The number of fused-ring (bicyclic) bond motifs is 1. The van der Waals surface area contributed by atoms with E-state index in [0.29, 0.717) is 21.7 Å². The van der Waals surface area contributed by atoms with Gasteiger partial charge in [-0.1, -0.05) is 15.9 Å². The van der Waals surface area contributed by atoms with E-state index >= 15 is 0 Å². The molecule has 0 aliphatic carbocycles.